The third kappa shape index (κ3) is 4.72. The van der Waals surface area contributed by atoms with E-state index < -0.39 is 0 Å². The zero-order chi connectivity index (χ0) is 14.9. The molecule has 0 saturated carbocycles. The van der Waals surface area contributed by atoms with Crippen molar-refractivity contribution in [1.82, 2.24) is 9.97 Å². The summed E-state index contributed by atoms with van der Waals surface area (Å²) in [6.45, 7) is 3.71. The monoisotopic (exact) mass is 286 g/mol. The number of nitrogens with zero attached hydrogens (tertiary/aromatic N) is 2. The Morgan fingerprint density at radius 1 is 1.19 bits per heavy atom. The molecule has 0 radical (unpaired) electrons. The molecule has 0 amide bonds. The van der Waals surface area contributed by atoms with Gasteiger partial charge in [0.05, 0.1) is 0 Å². The first-order valence-corrected chi connectivity index (χ1v) is 7.24. The molecular weight excluding hydrogens is 264 g/mol. The predicted molar refractivity (Wildman–Crippen MR) is 86.1 cm³/mol. The van der Waals surface area contributed by atoms with Gasteiger partial charge in [-0.2, -0.15) is 4.98 Å². The van der Waals surface area contributed by atoms with Crippen molar-refractivity contribution in [3.05, 3.63) is 42.1 Å². The van der Waals surface area contributed by atoms with Gasteiger partial charge < -0.3 is 15.4 Å². The van der Waals surface area contributed by atoms with Crippen LogP contribution >= 0.6 is 0 Å². The Morgan fingerprint density at radius 2 is 2.05 bits per heavy atom. The average molecular weight is 286 g/mol. The lowest BCUT2D eigenvalue weighted by atomic mass is 10.1. The molecule has 0 fully saturated rings. The van der Waals surface area contributed by atoms with Crippen LogP contribution in [0, 0.1) is 0 Å². The Hall–Kier alpha value is -2.14. The number of ether oxygens (including phenoxy) is 1. The van der Waals surface area contributed by atoms with Crippen LogP contribution in [0.1, 0.15) is 18.9 Å². The summed E-state index contributed by atoms with van der Waals surface area (Å²) in [7, 11) is 1.71. The average Bonchev–Trinajstić information content (AvgIpc) is 2.52. The molecule has 0 aliphatic carbocycles. The molecular formula is C16H22N4O. The van der Waals surface area contributed by atoms with E-state index in [4.69, 9.17) is 4.74 Å². The lowest BCUT2D eigenvalue weighted by Crippen LogP contribution is -2.07. The van der Waals surface area contributed by atoms with Crippen LogP contribution in [-0.2, 0) is 11.2 Å². The first-order chi connectivity index (χ1) is 10.3. The minimum Gasteiger partial charge on any atom is -0.385 e. The summed E-state index contributed by atoms with van der Waals surface area (Å²) >= 11 is 0. The molecule has 0 bridgehead atoms. The van der Waals surface area contributed by atoms with E-state index in [0.717, 1.165) is 37.5 Å². The van der Waals surface area contributed by atoms with E-state index in [2.05, 4.69) is 33.6 Å². The fraction of sp³-hybridized carbons (Fsp3) is 0.375. The summed E-state index contributed by atoms with van der Waals surface area (Å²) in [5, 5.41) is 6.54. The second-order valence-electron chi connectivity index (χ2n) is 4.67. The Morgan fingerprint density at radius 3 is 2.86 bits per heavy atom. The maximum absolute atomic E-state index is 5.02. The van der Waals surface area contributed by atoms with Gasteiger partial charge in [0, 0.05) is 32.1 Å². The van der Waals surface area contributed by atoms with E-state index in [0.29, 0.717) is 5.95 Å². The van der Waals surface area contributed by atoms with E-state index in [9.17, 15) is 0 Å². The molecule has 0 unspecified atom stereocenters. The molecule has 2 aromatic rings. The fourth-order valence-corrected chi connectivity index (χ4v) is 2.02. The zero-order valence-corrected chi connectivity index (χ0v) is 12.6. The first-order valence-electron chi connectivity index (χ1n) is 7.24. The van der Waals surface area contributed by atoms with Crippen LogP contribution in [0.5, 0.6) is 0 Å². The van der Waals surface area contributed by atoms with Gasteiger partial charge in [-0.25, -0.2) is 4.98 Å². The van der Waals surface area contributed by atoms with Crippen molar-refractivity contribution < 1.29 is 4.74 Å². The molecule has 2 rings (SSSR count). The van der Waals surface area contributed by atoms with Crippen molar-refractivity contribution in [2.45, 2.75) is 19.8 Å². The highest BCUT2D eigenvalue weighted by atomic mass is 16.5. The van der Waals surface area contributed by atoms with Crippen molar-refractivity contribution in [2.75, 3.05) is 30.9 Å². The number of methoxy groups -OCH3 is 1. The number of aromatic nitrogens is 2. The highest BCUT2D eigenvalue weighted by Crippen LogP contribution is 2.19. The summed E-state index contributed by atoms with van der Waals surface area (Å²) in [4.78, 5) is 8.73. The molecule has 1 heterocycles. The molecule has 112 valence electrons. The number of anilines is 3. The molecule has 1 aromatic heterocycles. The Bertz CT molecular complexity index is 559. The number of nitrogens with one attached hydrogen (secondary N) is 2. The lowest BCUT2D eigenvalue weighted by Gasteiger charge is -2.10. The molecule has 0 aliphatic heterocycles. The second-order valence-corrected chi connectivity index (χ2v) is 4.67. The Balaban J connectivity index is 2.00. The van der Waals surface area contributed by atoms with E-state index in [1.54, 1.807) is 13.3 Å². The van der Waals surface area contributed by atoms with E-state index in [1.807, 2.05) is 24.3 Å². The van der Waals surface area contributed by atoms with Gasteiger partial charge in [-0.15, -0.1) is 0 Å². The molecule has 1 aromatic carbocycles. The summed E-state index contributed by atoms with van der Waals surface area (Å²) in [6, 6.07) is 10.1. The van der Waals surface area contributed by atoms with Crippen LogP contribution in [0.15, 0.2) is 36.5 Å². The minimum absolute atomic E-state index is 0.604. The minimum atomic E-state index is 0.604. The van der Waals surface area contributed by atoms with Crippen molar-refractivity contribution in [3.8, 4) is 0 Å². The highest BCUT2D eigenvalue weighted by Gasteiger charge is 2.03. The van der Waals surface area contributed by atoms with Crippen molar-refractivity contribution in [1.29, 1.82) is 0 Å². The van der Waals surface area contributed by atoms with Gasteiger partial charge in [0.2, 0.25) is 5.95 Å². The second kappa shape index (κ2) is 8.21. The van der Waals surface area contributed by atoms with Gasteiger partial charge in [-0.05, 0) is 30.5 Å². The van der Waals surface area contributed by atoms with Crippen LogP contribution in [-0.4, -0.2) is 30.2 Å². The number of hydrogen-bond donors (Lipinski definition) is 2. The van der Waals surface area contributed by atoms with Gasteiger partial charge in [0.1, 0.15) is 5.82 Å². The van der Waals surface area contributed by atoms with E-state index in [1.165, 1.54) is 5.56 Å². The molecule has 5 nitrogen and oxygen atoms in total. The van der Waals surface area contributed by atoms with E-state index in [-0.39, 0.29) is 0 Å². The van der Waals surface area contributed by atoms with Crippen molar-refractivity contribution in [3.63, 3.8) is 0 Å². The van der Waals surface area contributed by atoms with Gasteiger partial charge in [-0.3, -0.25) is 0 Å². The smallest absolute Gasteiger partial charge is 0.229 e. The summed E-state index contributed by atoms with van der Waals surface area (Å²) in [6.07, 6.45) is 3.67. The van der Waals surface area contributed by atoms with Crippen molar-refractivity contribution >= 4 is 17.5 Å². The van der Waals surface area contributed by atoms with Crippen LogP contribution < -0.4 is 10.6 Å². The lowest BCUT2D eigenvalue weighted by molar-refractivity contribution is 0.198. The van der Waals surface area contributed by atoms with Gasteiger partial charge >= 0.3 is 0 Å². The fourth-order valence-electron chi connectivity index (χ4n) is 2.02. The van der Waals surface area contributed by atoms with E-state index >= 15 is 0 Å². The molecule has 0 spiro atoms. The number of hydrogen-bond acceptors (Lipinski definition) is 5. The topological polar surface area (TPSA) is 59.1 Å². The summed E-state index contributed by atoms with van der Waals surface area (Å²) in [5.41, 5.74) is 2.30. The normalized spacial score (nSPS) is 10.4. The first kappa shape index (κ1) is 15.3. The molecule has 2 N–H and O–H groups in total. The van der Waals surface area contributed by atoms with Crippen LogP contribution in [0.4, 0.5) is 17.5 Å². The third-order valence-electron chi connectivity index (χ3n) is 3.13. The molecule has 0 atom stereocenters. The van der Waals surface area contributed by atoms with Crippen molar-refractivity contribution in [2.24, 2.45) is 0 Å². The van der Waals surface area contributed by atoms with Gasteiger partial charge in [0.15, 0.2) is 0 Å². The molecule has 21 heavy (non-hydrogen) atoms. The number of rotatable bonds is 8. The van der Waals surface area contributed by atoms with Gasteiger partial charge in [0.25, 0.3) is 0 Å². The predicted octanol–water partition coefficient (Wildman–Crippen LogP) is 3.23. The molecule has 0 aliphatic rings. The third-order valence-corrected chi connectivity index (χ3v) is 3.13. The summed E-state index contributed by atoms with van der Waals surface area (Å²) in [5.74, 6) is 1.42. The quantitative estimate of drug-likeness (QED) is 0.730. The van der Waals surface area contributed by atoms with Crippen LogP contribution in [0.2, 0.25) is 0 Å². The number of benzene rings is 1. The maximum Gasteiger partial charge on any atom is 0.229 e. The summed E-state index contributed by atoms with van der Waals surface area (Å²) < 4.78 is 5.02. The zero-order valence-electron chi connectivity index (χ0n) is 12.6. The molecule has 0 saturated heterocycles. The highest BCUT2D eigenvalue weighted by molar-refractivity contribution is 5.59. The van der Waals surface area contributed by atoms with Gasteiger partial charge in [-0.1, -0.05) is 25.1 Å². The number of para-hydroxylation sites is 1. The Labute approximate surface area is 125 Å². The Kier molecular flexibility index (Phi) is 5.97. The SMILES string of the molecule is CCc1ccccc1Nc1nccc(NCCCOC)n1. The number of aryl methyl sites for hydroxylation is 1. The van der Waals surface area contributed by atoms with Crippen LogP contribution in [0.3, 0.4) is 0 Å². The van der Waals surface area contributed by atoms with Crippen LogP contribution in [0.25, 0.3) is 0 Å². The molecule has 5 heteroatoms. The maximum atomic E-state index is 5.02. The largest absolute Gasteiger partial charge is 0.385 e. The standard InChI is InChI=1S/C16H22N4O/c1-3-13-7-4-5-8-14(13)19-16-18-11-9-15(20-16)17-10-6-12-21-2/h4-5,7-9,11H,3,6,10,12H2,1-2H3,(H2,17,18,19,20).